The smallest absolute Gasteiger partial charge is 0.185 e. The Bertz CT molecular complexity index is 387. The average molecular weight is 256 g/mol. The van der Waals surface area contributed by atoms with Gasteiger partial charge in [-0.2, -0.15) is 0 Å². The molecule has 0 fully saturated rings. The van der Waals surface area contributed by atoms with Crippen LogP contribution in [-0.4, -0.2) is 27.2 Å². The van der Waals surface area contributed by atoms with Crippen molar-refractivity contribution in [1.29, 1.82) is 0 Å². The molecule has 0 saturated carbocycles. The highest BCUT2D eigenvalue weighted by molar-refractivity contribution is 8.13. The maximum Gasteiger partial charge on any atom is 0.185 e. The molecule has 0 bridgehead atoms. The summed E-state index contributed by atoms with van der Waals surface area (Å²) in [6.07, 6.45) is -2.09. The fourth-order valence-electron chi connectivity index (χ4n) is 1.39. The Hall–Kier alpha value is -1.08. The largest absolute Gasteiger partial charge is 0.389 e. The molecule has 0 aliphatic heterocycles. The van der Waals surface area contributed by atoms with Crippen LogP contribution in [0.25, 0.3) is 0 Å². The standard InChI is InChI=1S/C11H16N2O3S/c1-7(14)17-6-10(15)11(16)8-4-2-3-5-9(8)13-12/h2-5,10-11,13,15-16H,6,12H2,1H3. The molecule has 0 aliphatic carbocycles. The second kappa shape index (κ2) is 6.61. The van der Waals surface area contributed by atoms with Crippen molar-refractivity contribution in [3.05, 3.63) is 29.8 Å². The van der Waals surface area contributed by atoms with Crippen LogP contribution in [0.1, 0.15) is 18.6 Å². The minimum absolute atomic E-state index is 0.0958. The maximum absolute atomic E-state index is 10.8. The number of para-hydroxylation sites is 1. The van der Waals surface area contributed by atoms with Gasteiger partial charge in [-0.25, -0.2) is 0 Å². The molecule has 5 nitrogen and oxygen atoms in total. The Morgan fingerprint density at radius 1 is 1.47 bits per heavy atom. The third kappa shape index (κ3) is 4.01. The summed E-state index contributed by atoms with van der Waals surface area (Å²) in [6, 6.07) is 6.87. The van der Waals surface area contributed by atoms with Gasteiger partial charge >= 0.3 is 0 Å². The number of aliphatic hydroxyl groups excluding tert-OH is 2. The fraction of sp³-hybridized carbons (Fsp3) is 0.364. The molecule has 5 N–H and O–H groups in total. The molecule has 1 rings (SSSR count). The highest BCUT2D eigenvalue weighted by Crippen LogP contribution is 2.26. The van der Waals surface area contributed by atoms with E-state index in [1.807, 2.05) is 0 Å². The minimum Gasteiger partial charge on any atom is -0.389 e. The molecule has 0 amide bonds. The van der Waals surface area contributed by atoms with Gasteiger partial charge < -0.3 is 15.6 Å². The number of nitrogens with two attached hydrogens (primary N) is 1. The Labute approximate surface area is 104 Å². The highest BCUT2D eigenvalue weighted by atomic mass is 32.2. The lowest BCUT2D eigenvalue weighted by atomic mass is 10.0. The monoisotopic (exact) mass is 256 g/mol. The lowest BCUT2D eigenvalue weighted by Gasteiger charge is -2.19. The van der Waals surface area contributed by atoms with E-state index >= 15 is 0 Å². The predicted octanol–water partition coefficient (Wildman–Crippen LogP) is 0.646. The van der Waals surface area contributed by atoms with Crippen molar-refractivity contribution in [1.82, 2.24) is 0 Å². The molecule has 2 atom stereocenters. The van der Waals surface area contributed by atoms with Gasteiger partial charge in [0.05, 0.1) is 11.8 Å². The summed E-state index contributed by atoms with van der Waals surface area (Å²) < 4.78 is 0. The zero-order valence-corrected chi connectivity index (χ0v) is 10.3. The number of thioether (sulfide) groups is 1. The summed E-state index contributed by atoms with van der Waals surface area (Å²) in [6.45, 7) is 1.42. The molecule has 0 spiro atoms. The van der Waals surface area contributed by atoms with Gasteiger partial charge in [0.15, 0.2) is 5.12 Å². The minimum atomic E-state index is -1.07. The van der Waals surface area contributed by atoms with Gasteiger partial charge in [0.1, 0.15) is 6.10 Å². The van der Waals surface area contributed by atoms with Crippen molar-refractivity contribution < 1.29 is 15.0 Å². The molecule has 0 heterocycles. The van der Waals surface area contributed by atoms with Crippen LogP contribution in [0.5, 0.6) is 0 Å². The third-order valence-electron chi connectivity index (χ3n) is 2.26. The number of carbonyl (C=O) groups is 1. The first-order valence-electron chi connectivity index (χ1n) is 5.11. The van der Waals surface area contributed by atoms with E-state index in [1.165, 1.54) is 6.92 Å². The SMILES string of the molecule is CC(=O)SCC(O)C(O)c1ccccc1NN. The molecular formula is C11H16N2O3S. The second-order valence-electron chi connectivity index (χ2n) is 3.55. The summed E-state index contributed by atoms with van der Waals surface area (Å²) in [5.41, 5.74) is 3.51. The molecule has 0 aromatic heterocycles. The van der Waals surface area contributed by atoms with E-state index in [9.17, 15) is 15.0 Å². The number of rotatable bonds is 5. The van der Waals surface area contributed by atoms with Crippen LogP contribution in [0, 0.1) is 0 Å². The first-order valence-corrected chi connectivity index (χ1v) is 6.10. The summed E-state index contributed by atoms with van der Waals surface area (Å²) in [5.74, 6) is 5.46. The van der Waals surface area contributed by atoms with E-state index < -0.39 is 12.2 Å². The van der Waals surface area contributed by atoms with Crippen LogP contribution in [0.4, 0.5) is 5.69 Å². The van der Waals surface area contributed by atoms with Crippen molar-refractivity contribution in [3.8, 4) is 0 Å². The van der Waals surface area contributed by atoms with Crippen molar-refractivity contribution in [2.45, 2.75) is 19.1 Å². The number of hydrazine groups is 1. The number of hydrogen-bond acceptors (Lipinski definition) is 6. The zero-order valence-electron chi connectivity index (χ0n) is 9.46. The van der Waals surface area contributed by atoms with Gasteiger partial charge in [-0.15, -0.1) is 0 Å². The van der Waals surface area contributed by atoms with Crippen LogP contribution < -0.4 is 11.3 Å². The summed E-state index contributed by atoms with van der Waals surface area (Å²) >= 11 is 0.975. The molecule has 0 saturated heterocycles. The van der Waals surface area contributed by atoms with Crippen LogP contribution in [-0.2, 0) is 4.79 Å². The zero-order chi connectivity index (χ0) is 12.8. The summed E-state index contributed by atoms with van der Waals surface area (Å²) in [4.78, 5) is 10.8. The van der Waals surface area contributed by atoms with E-state index in [1.54, 1.807) is 24.3 Å². The second-order valence-corrected chi connectivity index (χ2v) is 4.74. The quantitative estimate of drug-likeness (QED) is 0.456. The van der Waals surface area contributed by atoms with Gasteiger partial charge in [0, 0.05) is 18.2 Å². The molecule has 17 heavy (non-hydrogen) atoms. The van der Waals surface area contributed by atoms with Crippen molar-refractivity contribution in [3.63, 3.8) is 0 Å². The lowest BCUT2D eigenvalue weighted by Crippen LogP contribution is -2.23. The Morgan fingerprint density at radius 3 is 2.71 bits per heavy atom. The number of hydrogen-bond donors (Lipinski definition) is 4. The van der Waals surface area contributed by atoms with Gasteiger partial charge in [-0.3, -0.25) is 10.6 Å². The average Bonchev–Trinajstić information content (AvgIpc) is 2.34. The Balaban J connectivity index is 2.73. The number of carbonyl (C=O) groups excluding carboxylic acids is 1. The molecule has 2 unspecified atom stereocenters. The van der Waals surface area contributed by atoms with Crippen LogP contribution in [0.3, 0.4) is 0 Å². The molecule has 6 heteroatoms. The number of nitrogens with one attached hydrogen (secondary N) is 1. The molecule has 1 aromatic carbocycles. The normalized spacial score (nSPS) is 14.1. The highest BCUT2D eigenvalue weighted by Gasteiger charge is 2.21. The van der Waals surface area contributed by atoms with Gasteiger partial charge in [-0.1, -0.05) is 30.0 Å². The van der Waals surface area contributed by atoms with Gasteiger partial charge in [-0.05, 0) is 6.07 Å². The topological polar surface area (TPSA) is 95.6 Å². The maximum atomic E-state index is 10.8. The first kappa shape index (κ1) is 14.0. The third-order valence-corrected chi connectivity index (χ3v) is 3.17. The summed E-state index contributed by atoms with van der Waals surface area (Å²) in [5, 5.41) is 19.6. The predicted molar refractivity (Wildman–Crippen MR) is 68.4 cm³/mol. The van der Waals surface area contributed by atoms with Crippen molar-refractivity contribution >= 4 is 22.6 Å². The Morgan fingerprint density at radius 2 is 2.12 bits per heavy atom. The molecule has 0 radical (unpaired) electrons. The molecule has 1 aromatic rings. The van der Waals surface area contributed by atoms with Crippen LogP contribution in [0.2, 0.25) is 0 Å². The number of aliphatic hydroxyl groups is 2. The van der Waals surface area contributed by atoms with E-state index in [-0.39, 0.29) is 10.9 Å². The summed E-state index contributed by atoms with van der Waals surface area (Å²) in [7, 11) is 0. The van der Waals surface area contributed by atoms with Crippen LogP contribution in [0.15, 0.2) is 24.3 Å². The van der Waals surface area contributed by atoms with Crippen LogP contribution >= 0.6 is 11.8 Å². The van der Waals surface area contributed by atoms with Gasteiger partial charge in [0.25, 0.3) is 0 Å². The molecular weight excluding hydrogens is 240 g/mol. The Kier molecular flexibility index (Phi) is 5.43. The lowest BCUT2D eigenvalue weighted by molar-refractivity contribution is -0.109. The first-order chi connectivity index (χ1) is 8.06. The van der Waals surface area contributed by atoms with Crippen molar-refractivity contribution in [2.75, 3.05) is 11.2 Å². The van der Waals surface area contributed by atoms with E-state index in [0.29, 0.717) is 11.3 Å². The number of nitrogen functional groups attached to an aromatic ring is 1. The van der Waals surface area contributed by atoms with Gasteiger partial charge in [0.2, 0.25) is 0 Å². The van der Waals surface area contributed by atoms with E-state index in [4.69, 9.17) is 5.84 Å². The van der Waals surface area contributed by atoms with Crippen molar-refractivity contribution in [2.24, 2.45) is 5.84 Å². The van der Waals surface area contributed by atoms with E-state index in [0.717, 1.165) is 11.8 Å². The number of benzene rings is 1. The molecule has 94 valence electrons. The molecule has 0 aliphatic rings. The number of anilines is 1. The van der Waals surface area contributed by atoms with E-state index in [2.05, 4.69) is 5.43 Å². The fourth-order valence-corrected chi connectivity index (χ4v) is 1.98.